The lowest BCUT2D eigenvalue weighted by Crippen LogP contribution is -2.47. The first-order valence-corrected chi connectivity index (χ1v) is 6.17. The van der Waals surface area contributed by atoms with Crippen LogP contribution in [0.4, 0.5) is 4.39 Å². The Balaban J connectivity index is 2.85. The van der Waals surface area contributed by atoms with Gasteiger partial charge in [-0.1, -0.05) is 18.2 Å². The minimum Gasteiger partial charge on any atom is -0.387 e. The molecule has 0 spiro atoms. The average Bonchev–Trinajstić information content (AvgIpc) is 2.26. The van der Waals surface area contributed by atoms with Crippen LogP contribution < -0.4 is 5.73 Å². The van der Waals surface area contributed by atoms with E-state index in [1.54, 1.807) is 17.0 Å². The third-order valence-corrected chi connectivity index (χ3v) is 2.95. The van der Waals surface area contributed by atoms with Crippen molar-refractivity contribution in [3.8, 4) is 0 Å². The molecule has 0 aliphatic heterocycles. The summed E-state index contributed by atoms with van der Waals surface area (Å²) in [5.74, 6) is -0.932. The topological polar surface area (TPSA) is 66.6 Å². The number of primary amides is 1. The first-order chi connectivity index (χ1) is 8.71. The molecule has 1 atom stereocenters. The molecule has 0 fully saturated rings. The lowest BCUT2D eigenvalue weighted by Gasteiger charge is -2.36. The highest BCUT2D eigenvalue weighted by atomic mass is 19.1. The van der Waals surface area contributed by atoms with Gasteiger partial charge < -0.3 is 10.8 Å². The highest BCUT2D eigenvalue weighted by Gasteiger charge is 2.26. The molecule has 1 rings (SSSR count). The highest BCUT2D eigenvalue weighted by molar-refractivity contribution is 5.76. The molecule has 3 N–H and O–H groups in total. The van der Waals surface area contributed by atoms with Gasteiger partial charge in [0.1, 0.15) is 5.82 Å². The van der Waals surface area contributed by atoms with Gasteiger partial charge in [0.15, 0.2) is 0 Å². The summed E-state index contributed by atoms with van der Waals surface area (Å²) in [6.07, 6.45) is -1.00. The molecule has 0 bridgehead atoms. The van der Waals surface area contributed by atoms with E-state index in [0.29, 0.717) is 0 Å². The predicted octanol–water partition coefficient (Wildman–Crippen LogP) is 1.44. The number of aliphatic hydroxyl groups excluding tert-OH is 1. The summed E-state index contributed by atoms with van der Waals surface area (Å²) in [4.78, 5) is 12.8. The number of amides is 1. The molecule has 1 aromatic rings. The third-order valence-electron chi connectivity index (χ3n) is 2.95. The van der Waals surface area contributed by atoms with E-state index in [-0.39, 0.29) is 24.2 Å². The van der Waals surface area contributed by atoms with Crippen LogP contribution in [0.2, 0.25) is 0 Å². The zero-order valence-corrected chi connectivity index (χ0v) is 11.6. The predicted molar refractivity (Wildman–Crippen MR) is 71.9 cm³/mol. The van der Waals surface area contributed by atoms with Gasteiger partial charge in [0, 0.05) is 17.6 Å². The summed E-state index contributed by atoms with van der Waals surface area (Å²) in [5, 5.41) is 10.1. The summed E-state index contributed by atoms with van der Waals surface area (Å²) in [7, 11) is 0. The summed E-state index contributed by atoms with van der Waals surface area (Å²) < 4.78 is 13.6. The number of rotatable bonds is 5. The minimum atomic E-state index is -1.00. The van der Waals surface area contributed by atoms with E-state index in [4.69, 9.17) is 5.73 Å². The lowest BCUT2D eigenvalue weighted by atomic mass is 10.0. The fourth-order valence-electron chi connectivity index (χ4n) is 1.82. The Kier molecular flexibility index (Phi) is 5.03. The van der Waals surface area contributed by atoms with Crippen LogP contribution in [0, 0.1) is 5.82 Å². The summed E-state index contributed by atoms with van der Waals surface area (Å²) in [5.41, 5.74) is 5.08. The summed E-state index contributed by atoms with van der Waals surface area (Å²) >= 11 is 0. The van der Waals surface area contributed by atoms with Crippen molar-refractivity contribution in [2.45, 2.75) is 32.4 Å². The van der Waals surface area contributed by atoms with Gasteiger partial charge in [-0.15, -0.1) is 0 Å². The molecule has 1 unspecified atom stereocenters. The van der Waals surface area contributed by atoms with Gasteiger partial charge in [0.05, 0.1) is 12.6 Å². The second kappa shape index (κ2) is 6.12. The van der Waals surface area contributed by atoms with Crippen LogP contribution in [0.5, 0.6) is 0 Å². The molecular weight excluding hydrogens is 247 g/mol. The maximum atomic E-state index is 13.6. The van der Waals surface area contributed by atoms with Crippen LogP contribution >= 0.6 is 0 Å². The number of halogens is 1. The Labute approximate surface area is 113 Å². The Hall–Kier alpha value is -1.46. The Morgan fingerprint density at radius 3 is 2.47 bits per heavy atom. The van der Waals surface area contributed by atoms with Gasteiger partial charge >= 0.3 is 0 Å². The number of benzene rings is 1. The van der Waals surface area contributed by atoms with Crippen LogP contribution in [0.1, 0.15) is 32.4 Å². The molecule has 0 aromatic heterocycles. The first-order valence-electron chi connectivity index (χ1n) is 6.17. The molecule has 0 heterocycles. The normalized spacial score (nSPS) is 13.6. The second-order valence-electron chi connectivity index (χ2n) is 5.55. The van der Waals surface area contributed by atoms with E-state index in [1.807, 2.05) is 20.8 Å². The lowest BCUT2D eigenvalue weighted by molar-refractivity contribution is -0.120. The van der Waals surface area contributed by atoms with E-state index in [9.17, 15) is 14.3 Å². The fraction of sp³-hybridized carbons (Fsp3) is 0.500. The fourth-order valence-corrected chi connectivity index (χ4v) is 1.82. The van der Waals surface area contributed by atoms with Crippen LogP contribution in [-0.4, -0.2) is 34.5 Å². The van der Waals surface area contributed by atoms with E-state index in [0.717, 1.165) is 0 Å². The van der Waals surface area contributed by atoms with Crippen molar-refractivity contribution in [3.63, 3.8) is 0 Å². The van der Waals surface area contributed by atoms with Crippen LogP contribution in [-0.2, 0) is 4.79 Å². The quantitative estimate of drug-likeness (QED) is 0.849. The molecule has 1 aromatic carbocycles. The van der Waals surface area contributed by atoms with E-state index < -0.39 is 17.8 Å². The minimum absolute atomic E-state index is 0.0228. The van der Waals surface area contributed by atoms with Crippen molar-refractivity contribution in [3.05, 3.63) is 35.6 Å². The molecule has 0 aliphatic carbocycles. The number of nitrogens with zero attached hydrogens (tertiary/aromatic N) is 1. The van der Waals surface area contributed by atoms with Crippen molar-refractivity contribution in [1.29, 1.82) is 0 Å². The van der Waals surface area contributed by atoms with Crippen LogP contribution in [0.3, 0.4) is 0 Å². The molecule has 0 aliphatic rings. The monoisotopic (exact) mass is 268 g/mol. The molecule has 0 radical (unpaired) electrons. The van der Waals surface area contributed by atoms with E-state index in [2.05, 4.69) is 0 Å². The Morgan fingerprint density at radius 2 is 2.00 bits per heavy atom. The molecule has 0 saturated carbocycles. The molecule has 0 saturated heterocycles. The maximum Gasteiger partial charge on any atom is 0.231 e. The second-order valence-corrected chi connectivity index (χ2v) is 5.55. The Bertz CT molecular complexity index is 443. The smallest absolute Gasteiger partial charge is 0.231 e. The summed E-state index contributed by atoms with van der Waals surface area (Å²) in [6.45, 7) is 5.89. The molecule has 19 heavy (non-hydrogen) atoms. The molecule has 5 heteroatoms. The number of hydrogen-bond donors (Lipinski definition) is 2. The van der Waals surface area contributed by atoms with Crippen LogP contribution in [0.25, 0.3) is 0 Å². The average molecular weight is 268 g/mol. The van der Waals surface area contributed by atoms with E-state index in [1.165, 1.54) is 12.1 Å². The number of carbonyl (C=O) groups excluding carboxylic acids is 1. The number of nitrogens with two attached hydrogens (primary N) is 1. The number of carbonyl (C=O) groups is 1. The highest BCUT2D eigenvalue weighted by Crippen LogP contribution is 2.21. The van der Waals surface area contributed by atoms with Crippen molar-refractivity contribution in [1.82, 2.24) is 4.90 Å². The maximum absolute atomic E-state index is 13.6. The van der Waals surface area contributed by atoms with Crippen molar-refractivity contribution < 1.29 is 14.3 Å². The van der Waals surface area contributed by atoms with Gasteiger partial charge in [-0.3, -0.25) is 9.69 Å². The van der Waals surface area contributed by atoms with Gasteiger partial charge in [-0.05, 0) is 26.8 Å². The van der Waals surface area contributed by atoms with Gasteiger partial charge in [0.25, 0.3) is 0 Å². The van der Waals surface area contributed by atoms with Crippen molar-refractivity contribution in [2.75, 3.05) is 13.1 Å². The third kappa shape index (κ3) is 4.61. The van der Waals surface area contributed by atoms with E-state index >= 15 is 0 Å². The standard InChI is InChI=1S/C14H21FN2O2/c1-14(2,3)17(9-13(16)19)8-12(18)10-6-4-5-7-11(10)15/h4-7,12,18H,8-9H2,1-3H3,(H2,16,19). The largest absolute Gasteiger partial charge is 0.387 e. The zero-order valence-electron chi connectivity index (χ0n) is 11.6. The Morgan fingerprint density at radius 1 is 1.42 bits per heavy atom. The SMILES string of the molecule is CC(C)(C)N(CC(N)=O)CC(O)c1ccccc1F. The summed E-state index contributed by atoms with van der Waals surface area (Å²) in [6, 6.07) is 6.06. The molecule has 1 amide bonds. The molecule has 4 nitrogen and oxygen atoms in total. The van der Waals surface area contributed by atoms with Gasteiger partial charge in [0.2, 0.25) is 5.91 Å². The van der Waals surface area contributed by atoms with Crippen molar-refractivity contribution >= 4 is 5.91 Å². The zero-order chi connectivity index (χ0) is 14.6. The number of β-amino-alcohol motifs (C(OH)–C–C–N with tert-alkyl or cyclic N) is 1. The first kappa shape index (κ1) is 15.6. The molecule has 106 valence electrons. The molecular formula is C14H21FN2O2. The van der Waals surface area contributed by atoms with Gasteiger partial charge in [-0.25, -0.2) is 4.39 Å². The van der Waals surface area contributed by atoms with Crippen LogP contribution in [0.15, 0.2) is 24.3 Å². The number of hydrogen-bond acceptors (Lipinski definition) is 3. The van der Waals surface area contributed by atoms with Gasteiger partial charge in [-0.2, -0.15) is 0 Å². The number of aliphatic hydroxyl groups is 1. The van der Waals surface area contributed by atoms with Crippen molar-refractivity contribution in [2.24, 2.45) is 5.73 Å².